The summed E-state index contributed by atoms with van der Waals surface area (Å²) in [4.78, 5) is 15.5. The van der Waals surface area contributed by atoms with Gasteiger partial charge in [0.05, 0.1) is 18.7 Å². The number of carbonyl (C=O) groups is 1. The van der Waals surface area contributed by atoms with E-state index in [4.69, 9.17) is 4.74 Å². The highest BCUT2D eigenvalue weighted by molar-refractivity contribution is 7.13. The summed E-state index contributed by atoms with van der Waals surface area (Å²) in [5.74, 6) is -2.05. The van der Waals surface area contributed by atoms with Gasteiger partial charge in [0.25, 0.3) is 0 Å². The van der Waals surface area contributed by atoms with Crippen molar-refractivity contribution in [3.63, 3.8) is 0 Å². The molecule has 0 unspecified atom stereocenters. The molecule has 1 aromatic carbocycles. The second kappa shape index (κ2) is 6.56. The fraction of sp³-hybridized carbons (Fsp3) is 0.286. The quantitative estimate of drug-likeness (QED) is 0.792. The van der Waals surface area contributed by atoms with Crippen molar-refractivity contribution < 1.29 is 18.3 Å². The van der Waals surface area contributed by atoms with Crippen LogP contribution in [0.1, 0.15) is 19.0 Å². The first-order chi connectivity index (χ1) is 9.60. The van der Waals surface area contributed by atoms with Crippen LogP contribution in [0, 0.1) is 11.6 Å². The van der Waals surface area contributed by atoms with Crippen LogP contribution in [0.2, 0.25) is 0 Å². The minimum Gasteiger partial charge on any atom is -0.466 e. The zero-order valence-corrected chi connectivity index (χ0v) is 11.7. The Morgan fingerprint density at radius 2 is 2.15 bits per heavy atom. The van der Waals surface area contributed by atoms with Crippen LogP contribution >= 0.6 is 11.3 Å². The Kier molecular flexibility index (Phi) is 4.79. The topological polar surface area (TPSA) is 39.2 Å². The van der Waals surface area contributed by atoms with E-state index in [1.165, 1.54) is 17.4 Å². The number of hydrogen-bond acceptors (Lipinski definition) is 4. The average molecular weight is 297 g/mol. The second-order valence-corrected chi connectivity index (χ2v) is 4.94. The Labute approximate surface area is 119 Å². The van der Waals surface area contributed by atoms with E-state index in [2.05, 4.69) is 4.98 Å². The van der Waals surface area contributed by atoms with Crippen LogP contribution in [-0.4, -0.2) is 17.6 Å². The van der Waals surface area contributed by atoms with Crippen molar-refractivity contribution in [2.75, 3.05) is 6.61 Å². The molecule has 0 radical (unpaired) electrons. The van der Waals surface area contributed by atoms with E-state index in [1.807, 2.05) is 0 Å². The maximum atomic E-state index is 13.2. The molecule has 2 rings (SSSR count). The molecule has 3 nitrogen and oxygen atoms in total. The highest BCUT2D eigenvalue weighted by atomic mass is 32.1. The van der Waals surface area contributed by atoms with E-state index in [9.17, 15) is 13.6 Å². The lowest BCUT2D eigenvalue weighted by Gasteiger charge is -1.99. The fourth-order valence-electron chi connectivity index (χ4n) is 1.65. The normalized spacial score (nSPS) is 10.6. The molecule has 0 spiro atoms. The molecule has 0 fully saturated rings. The summed E-state index contributed by atoms with van der Waals surface area (Å²) in [5.41, 5.74) is 1.26. The molecule has 1 aromatic heterocycles. The molecule has 20 heavy (non-hydrogen) atoms. The molecule has 0 aliphatic heterocycles. The smallest absolute Gasteiger partial charge is 0.306 e. The number of aromatic nitrogens is 1. The van der Waals surface area contributed by atoms with Gasteiger partial charge in [-0.1, -0.05) is 0 Å². The number of thiazole rings is 1. The third-order valence-corrected chi connectivity index (χ3v) is 3.55. The Morgan fingerprint density at radius 1 is 1.35 bits per heavy atom. The number of halogens is 2. The highest BCUT2D eigenvalue weighted by Crippen LogP contribution is 2.25. The number of benzene rings is 1. The molecule has 0 amide bonds. The van der Waals surface area contributed by atoms with Gasteiger partial charge in [-0.25, -0.2) is 13.8 Å². The first-order valence-electron chi connectivity index (χ1n) is 6.15. The largest absolute Gasteiger partial charge is 0.466 e. The molecular weight excluding hydrogens is 284 g/mol. The maximum absolute atomic E-state index is 13.2. The van der Waals surface area contributed by atoms with Gasteiger partial charge in [-0.3, -0.25) is 4.79 Å². The van der Waals surface area contributed by atoms with Crippen LogP contribution in [0.15, 0.2) is 23.6 Å². The van der Waals surface area contributed by atoms with E-state index in [0.717, 1.165) is 17.8 Å². The molecule has 0 atom stereocenters. The van der Waals surface area contributed by atoms with Gasteiger partial charge in [0.15, 0.2) is 11.6 Å². The lowest BCUT2D eigenvalue weighted by Crippen LogP contribution is -2.05. The Bertz CT molecular complexity index is 613. The van der Waals surface area contributed by atoms with E-state index in [1.54, 1.807) is 12.3 Å². The highest BCUT2D eigenvalue weighted by Gasteiger charge is 2.10. The lowest BCUT2D eigenvalue weighted by atomic mass is 10.2. The summed E-state index contributed by atoms with van der Waals surface area (Å²) in [6.45, 7) is 2.11. The fourth-order valence-corrected chi connectivity index (χ4v) is 2.50. The number of hydrogen-bond donors (Lipinski definition) is 0. The van der Waals surface area contributed by atoms with Crippen LogP contribution in [0.5, 0.6) is 0 Å². The van der Waals surface area contributed by atoms with Crippen molar-refractivity contribution in [3.8, 4) is 10.6 Å². The number of nitrogens with zero attached hydrogens (tertiary/aromatic N) is 1. The van der Waals surface area contributed by atoms with Crippen molar-refractivity contribution in [2.45, 2.75) is 19.8 Å². The Balaban J connectivity index is 2.05. The van der Waals surface area contributed by atoms with E-state index < -0.39 is 11.6 Å². The van der Waals surface area contributed by atoms with Gasteiger partial charge in [0.2, 0.25) is 0 Å². The number of esters is 1. The molecule has 0 saturated carbocycles. The Hall–Kier alpha value is -1.82. The van der Waals surface area contributed by atoms with Crippen LogP contribution in [0.3, 0.4) is 0 Å². The molecule has 106 valence electrons. The molecule has 0 saturated heterocycles. The number of rotatable bonds is 5. The monoisotopic (exact) mass is 297 g/mol. The Morgan fingerprint density at radius 3 is 2.85 bits per heavy atom. The molecule has 0 bridgehead atoms. The lowest BCUT2D eigenvalue weighted by molar-refractivity contribution is -0.143. The first-order valence-corrected chi connectivity index (χ1v) is 7.03. The second-order valence-electron chi connectivity index (χ2n) is 4.08. The van der Waals surface area contributed by atoms with Gasteiger partial charge in [0.1, 0.15) is 5.01 Å². The summed E-state index contributed by atoms with van der Waals surface area (Å²) in [7, 11) is 0. The number of aryl methyl sites for hydroxylation is 1. The van der Waals surface area contributed by atoms with Gasteiger partial charge >= 0.3 is 5.97 Å². The van der Waals surface area contributed by atoms with Crippen LogP contribution in [-0.2, 0) is 16.0 Å². The van der Waals surface area contributed by atoms with Crippen molar-refractivity contribution in [3.05, 3.63) is 40.9 Å². The van der Waals surface area contributed by atoms with Crippen LogP contribution < -0.4 is 0 Å². The average Bonchev–Trinajstić information content (AvgIpc) is 2.89. The molecule has 2 aromatic rings. The van der Waals surface area contributed by atoms with Crippen molar-refractivity contribution in [1.82, 2.24) is 4.98 Å². The summed E-state index contributed by atoms with van der Waals surface area (Å²) >= 11 is 1.33. The minimum absolute atomic E-state index is 0.259. The van der Waals surface area contributed by atoms with Gasteiger partial charge < -0.3 is 4.74 Å². The zero-order chi connectivity index (χ0) is 14.5. The molecular formula is C14H13F2NO2S. The zero-order valence-electron chi connectivity index (χ0n) is 10.9. The molecule has 0 aliphatic carbocycles. The minimum atomic E-state index is -0.897. The van der Waals surface area contributed by atoms with Gasteiger partial charge in [-0.05, 0) is 25.1 Å². The van der Waals surface area contributed by atoms with Gasteiger partial charge in [-0.2, -0.15) is 0 Å². The van der Waals surface area contributed by atoms with E-state index >= 15 is 0 Å². The van der Waals surface area contributed by atoms with Crippen molar-refractivity contribution in [1.29, 1.82) is 0 Å². The van der Waals surface area contributed by atoms with Crippen molar-refractivity contribution >= 4 is 17.3 Å². The summed E-state index contributed by atoms with van der Waals surface area (Å²) in [6.07, 6.45) is 0.730. The van der Waals surface area contributed by atoms with Crippen LogP contribution in [0.4, 0.5) is 8.78 Å². The van der Waals surface area contributed by atoms with E-state index in [-0.39, 0.29) is 12.4 Å². The number of carbonyl (C=O) groups excluding carboxylic acids is 1. The summed E-state index contributed by atoms with van der Waals surface area (Å²) in [5, 5.41) is 2.40. The molecule has 1 heterocycles. The third kappa shape index (κ3) is 3.60. The van der Waals surface area contributed by atoms with Gasteiger partial charge in [0, 0.05) is 17.4 Å². The summed E-state index contributed by atoms with van der Waals surface area (Å²) < 4.78 is 30.8. The van der Waals surface area contributed by atoms with Crippen LogP contribution in [0.25, 0.3) is 10.6 Å². The third-order valence-electron chi connectivity index (χ3n) is 2.61. The predicted octanol–water partition coefficient (Wildman–Crippen LogP) is 3.58. The SMILES string of the molecule is CCOC(=O)CCc1csc(-c2ccc(F)c(F)c2)n1. The van der Waals surface area contributed by atoms with Crippen molar-refractivity contribution in [2.24, 2.45) is 0 Å². The molecule has 0 aliphatic rings. The standard InChI is InChI=1S/C14H13F2NO2S/c1-2-19-13(18)6-4-10-8-20-14(17-10)9-3-5-11(15)12(16)7-9/h3,5,7-8H,2,4,6H2,1H3. The predicted molar refractivity (Wildman–Crippen MR) is 72.4 cm³/mol. The van der Waals surface area contributed by atoms with Gasteiger partial charge in [-0.15, -0.1) is 11.3 Å². The number of ether oxygens (including phenoxy) is 1. The maximum Gasteiger partial charge on any atom is 0.306 e. The van der Waals surface area contributed by atoms with E-state index in [0.29, 0.717) is 23.6 Å². The molecule has 6 heteroatoms. The first kappa shape index (κ1) is 14.6. The summed E-state index contributed by atoms with van der Waals surface area (Å²) in [6, 6.07) is 3.67. The molecule has 0 N–H and O–H groups in total.